The number of fused-ring (bicyclic) bond motifs is 6. The molecule has 3 fully saturated rings. The summed E-state index contributed by atoms with van der Waals surface area (Å²) in [5.74, 6) is 3.35. The second-order valence-electron chi connectivity index (χ2n) is 18.4. The molecule has 7 aromatic carbocycles. The molecule has 4 aliphatic rings. The summed E-state index contributed by atoms with van der Waals surface area (Å²) in [6, 6.07) is 58.3. The molecule has 0 spiro atoms. The standard InChI is InChI=1S/C56H53N/c1-56(2)54-35-46(45-19-16-39-10-6-7-11-44(39)34-45)24-30-51(54)52-31-29-50(36-55(52)56)57(48-25-20-41(21-26-48)38-8-4-3-5-9-38)49-27-22-42(23-28-49)40-14-17-43(18-15-40)53-33-37-12-13-47(53)32-37/h6-7,10-11,14-31,34-38,47,53H,3-5,8-9,12-13,32-33H2,1-2H3. The Morgan fingerprint density at radius 1 is 0.456 bits per heavy atom. The normalized spacial score (nSPS) is 20.8. The SMILES string of the molecule is CC1(C)c2cc(-c3ccc4ccccc4c3)ccc2-c2ccc(N(c3ccc(-c4ccc(C5CC6CCC5C6)cc4)cc3)c3ccc(C4CCCCC4)cc3)cc21. The zero-order chi connectivity index (χ0) is 38.1. The van der Waals surface area contributed by atoms with Gasteiger partial charge in [0.15, 0.2) is 0 Å². The average molecular weight is 740 g/mol. The van der Waals surface area contributed by atoms with E-state index >= 15 is 0 Å². The van der Waals surface area contributed by atoms with Crippen LogP contribution in [-0.2, 0) is 5.41 Å². The van der Waals surface area contributed by atoms with E-state index in [1.54, 1.807) is 5.56 Å². The van der Waals surface area contributed by atoms with Gasteiger partial charge in [0.2, 0.25) is 0 Å². The van der Waals surface area contributed by atoms with Gasteiger partial charge in [-0.05, 0) is 171 Å². The van der Waals surface area contributed by atoms with Crippen LogP contribution in [-0.4, -0.2) is 0 Å². The van der Waals surface area contributed by atoms with Crippen molar-refractivity contribution in [3.8, 4) is 33.4 Å². The van der Waals surface area contributed by atoms with Crippen molar-refractivity contribution in [2.45, 2.75) is 88.9 Å². The highest BCUT2D eigenvalue weighted by Crippen LogP contribution is 2.54. The molecule has 4 aliphatic carbocycles. The molecule has 7 aromatic rings. The monoisotopic (exact) mass is 739 g/mol. The van der Waals surface area contributed by atoms with E-state index in [1.165, 1.54) is 136 Å². The molecule has 11 rings (SSSR count). The Labute approximate surface area is 339 Å². The largest absolute Gasteiger partial charge is 0.310 e. The predicted molar refractivity (Wildman–Crippen MR) is 241 cm³/mol. The molecule has 3 saturated carbocycles. The van der Waals surface area contributed by atoms with Gasteiger partial charge in [-0.15, -0.1) is 0 Å². The highest BCUT2D eigenvalue weighted by atomic mass is 15.1. The van der Waals surface area contributed by atoms with Crippen LogP contribution in [0.1, 0.15) is 106 Å². The molecule has 1 nitrogen and oxygen atoms in total. The van der Waals surface area contributed by atoms with Crippen LogP contribution in [0.3, 0.4) is 0 Å². The van der Waals surface area contributed by atoms with E-state index in [0.717, 1.165) is 17.8 Å². The number of hydrogen-bond acceptors (Lipinski definition) is 1. The third kappa shape index (κ3) is 6.13. The molecule has 282 valence electrons. The summed E-state index contributed by atoms with van der Waals surface area (Å²) in [6.45, 7) is 4.82. The highest BCUT2D eigenvalue weighted by Gasteiger charge is 2.40. The summed E-state index contributed by atoms with van der Waals surface area (Å²) < 4.78 is 0. The summed E-state index contributed by atoms with van der Waals surface area (Å²) in [6.07, 6.45) is 12.5. The van der Waals surface area contributed by atoms with Crippen LogP contribution in [0.5, 0.6) is 0 Å². The lowest BCUT2D eigenvalue weighted by Gasteiger charge is -2.29. The molecule has 3 atom stereocenters. The van der Waals surface area contributed by atoms with Gasteiger partial charge in [-0.25, -0.2) is 0 Å². The molecule has 0 radical (unpaired) electrons. The quantitative estimate of drug-likeness (QED) is 0.157. The summed E-state index contributed by atoms with van der Waals surface area (Å²) >= 11 is 0. The van der Waals surface area contributed by atoms with Crippen LogP contribution >= 0.6 is 0 Å². The summed E-state index contributed by atoms with van der Waals surface area (Å²) in [5.41, 5.74) is 17.1. The molecule has 0 N–H and O–H groups in total. The molecule has 1 heteroatoms. The lowest BCUT2D eigenvalue weighted by molar-refractivity contribution is 0.420. The molecule has 0 aromatic heterocycles. The smallest absolute Gasteiger partial charge is 0.0465 e. The molecule has 0 saturated heterocycles. The lowest BCUT2D eigenvalue weighted by Crippen LogP contribution is -2.16. The average Bonchev–Trinajstić information content (AvgIpc) is 3.97. The fourth-order valence-electron chi connectivity index (χ4n) is 11.6. The van der Waals surface area contributed by atoms with Crippen LogP contribution in [0, 0.1) is 11.8 Å². The van der Waals surface area contributed by atoms with Crippen LogP contribution in [0.15, 0.2) is 152 Å². The molecule has 57 heavy (non-hydrogen) atoms. The van der Waals surface area contributed by atoms with E-state index < -0.39 is 0 Å². The predicted octanol–water partition coefficient (Wildman–Crippen LogP) is 15.9. The topological polar surface area (TPSA) is 3.24 Å². The summed E-state index contributed by atoms with van der Waals surface area (Å²) in [5, 5.41) is 2.57. The minimum atomic E-state index is -0.141. The van der Waals surface area contributed by atoms with Gasteiger partial charge in [0.05, 0.1) is 0 Å². The first-order valence-electron chi connectivity index (χ1n) is 21.9. The van der Waals surface area contributed by atoms with Crippen molar-refractivity contribution in [2.24, 2.45) is 11.8 Å². The van der Waals surface area contributed by atoms with Gasteiger partial charge in [0.25, 0.3) is 0 Å². The number of hydrogen-bond donors (Lipinski definition) is 0. The molecule has 3 unspecified atom stereocenters. The van der Waals surface area contributed by atoms with Crippen molar-refractivity contribution >= 4 is 27.8 Å². The Morgan fingerprint density at radius 3 is 1.74 bits per heavy atom. The van der Waals surface area contributed by atoms with Gasteiger partial charge in [0.1, 0.15) is 0 Å². The lowest BCUT2D eigenvalue weighted by atomic mass is 9.81. The van der Waals surface area contributed by atoms with Crippen LogP contribution in [0.2, 0.25) is 0 Å². The van der Waals surface area contributed by atoms with Gasteiger partial charge in [0, 0.05) is 22.5 Å². The number of rotatable bonds is 7. The van der Waals surface area contributed by atoms with E-state index in [4.69, 9.17) is 0 Å². The first-order chi connectivity index (χ1) is 28.0. The van der Waals surface area contributed by atoms with Crippen molar-refractivity contribution in [1.82, 2.24) is 0 Å². The van der Waals surface area contributed by atoms with Crippen LogP contribution in [0.4, 0.5) is 17.1 Å². The maximum absolute atomic E-state index is 2.48. The minimum absolute atomic E-state index is 0.141. The molecular formula is C56H53N. The minimum Gasteiger partial charge on any atom is -0.310 e. The molecule has 2 bridgehead atoms. The van der Waals surface area contributed by atoms with Gasteiger partial charge in [-0.2, -0.15) is 0 Å². The Kier molecular flexibility index (Phi) is 8.50. The van der Waals surface area contributed by atoms with Crippen molar-refractivity contribution in [2.75, 3.05) is 4.90 Å². The third-order valence-corrected chi connectivity index (χ3v) is 14.8. The second kappa shape index (κ2) is 13.9. The Morgan fingerprint density at radius 2 is 1.04 bits per heavy atom. The molecular weight excluding hydrogens is 687 g/mol. The van der Waals surface area contributed by atoms with E-state index in [-0.39, 0.29) is 5.41 Å². The Hall–Kier alpha value is -5.40. The maximum atomic E-state index is 2.48. The van der Waals surface area contributed by atoms with Crippen molar-refractivity contribution < 1.29 is 0 Å². The van der Waals surface area contributed by atoms with Gasteiger partial charge >= 0.3 is 0 Å². The summed E-state index contributed by atoms with van der Waals surface area (Å²) in [4.78, 5) is 2.48. The number of benzene rings is 7. The van der Waals surface area contributed by atoms with E-state index in [9.17, 15) is 0 Å². The first-order valence-corrected chi connectivity index (χ1v) is 21.9. The first kappa shape index (κ1) is 34.8. The number of nitrogens with zero attached hydrogens (tertiary/aromatic N) is 1. The Bertz CT molecular complexity index is 2590. The molecule has 0 aliphatic heterocycles. The van der Waals surface area contributed by atoms with Crippen molar-refractivity contribution in [1.29, 1.82) is 0 Å². The van der Waals surface area contributed by atoms with E-state index in [2.05, 4.69) is 170 Å². The van der Waals surface area contributed by atoms with Gasteiger partial charge in [-0.1, -0.05) is 143 Å². The molecule has 0 amide bonds. The fraction of sp³-hybridized carbons (Fsp3) is 0.286. The van der Waals surface area contributed by atoms with E-state index in [1.807, 2.05) is 0 Å². The fourth-order valence-corrected chi connectivity index (χ4v) is 11.6. The zero-order valence-electron chi connectivity index (χ0n) is 33.6. The summed E-state index contributed by atoms with van der Waals surface area (Å²) in [7, 11) is 0. The van der Waals surface area contributed by atoms with Crippen molar-refractivity contribution in [3.63, 3.8) is 0 Å². The molecule has 0 heterocycles. The van der Waals surface area contributed by atoms with Gasteiger partial charge < -0.3 is 4.90 Å². The van der Waals surface area contributed by atoms with Crippen molar-refractivity contribution in [3.05, 3.63) is 174 Å². The zero-order valence-corrected chi connectivity index (χ0v) is 33.6. The highest BCUT2D eigenvalue weighted by molar-refractivity contribution is 5.90. The van der Waals surface area contributed by atoms with Crippen LogP contribution < -0.4 is 4.90 Å². The second-order valence-corrected chi connectivity index (χ2v) is 18.4. The number of anilines is 3. The Balaban J connectivity index is 0.935. The maximum Gasteiger partial charge on any atom is 0.0465 e. The van der Waals surface area contributed by atoms with Gasteiger partial charge in [-0.3, -0.25) is 0 Å². The third-order valence-electron chi connectivity index (χ3n) is 14.8. The van der Waals surface area contributed by atoms with E-state index in [0.29, 0.717) is 5.92 Å². The van der Waals surface area contributed by atoms with Crippen LogP contribution in [0.25, 0.3) is 44.2 Å².